The van der Waals surface area contributed by atoms with Crippen molar-refractivity contribution in [3.05, 3.63) is 88.9 Å². The van der Waals surface area contributed by atoms with E-state index >= 15 is 0 Å². The van der Waals surface area contributed by atoms with E-state index in [1.807, 2.05) is 36.5 Å². The topological polar surface area (TPSA) is 123 Å². The molecule has 1 N–H and O–H groups in total. The highest BCUT2D eigenvalue weighted by Gasteiger charge is 2.20. The van der Waals surface area contributed by atoms with Gasteiger partial charge in [0.2, 0.25) is 5.13 Å². The van der Waals surface area contributed by atoms with Crippen molar-refractivity contribution in [3.63, 3.8) is 0 Å². The average Bonchev–Trinajstić information content (AvgIpc) is 3.56. The first-order chi connectivity index (χ1) is 19.0. The fraction of sp³-hybridized carbons (Fsp3) is 0.259. The minimum atomic E-state index is -3.92. The molecular formula is C27H26N6O4S2. The molecule has 0 aliphatic carbocycles. The Bertz CT molecular complexity index is 1770. The molecule has 1 fully saturated rings. The Balaban J connectivity index is 1.29. The summed E-state index contributed by atoms with van der Waals surface area (Å²) in [6, 6.07) is 16.4. The van der Waals surface area contributed by atoms with Gasteiger partial charge in [0.1, 0.15) is 6.33 Å². The van der Waals surface area contributed by atoms with E-state index in [2.05, 4.69) is 30.0 Å². The van der Waals surface area contributed by atoms with Gasteiger partial charge in [-0.25, -0.2) is 18.2 Å². The molecule has 1 saturated heterocycles. The molecule has 6 rings (SSSR count). The molecule has 4 heterocycles. The zero-order valence-electron chi connectivity index (χ0n) is 21.0. The van der Waals surface area contributed by atoms with E-state index in [0.29, 0.717) is 5.52 Å². The van der Waals surface area contributed by atoms with Crippen LogP contribution in [0.25, 0.3) is 22.2 Å². The number of aromatic nitrogens is 4. The Morgan fingerprint density at radius 3 is 2.64 bits per heavy atom. The van der Waals surface area contributed by atoms with Gasteiger partial charge in [-0.1, -0.05) is 30.7 Å². The lowest BCUT2D eigenvalue weighted by atomic mass is 9.99. The molecule has 0 bridgehead atoms. The van der Waals surface area contributed by atoms with Crippen molar-refractivity contribution in [2.45, 2.75) is 37.2 Å². The molecule has 5 aromatic rings. The molecule has 1 aliphatic heterocycles. The van der Waals surface area contributed by atoms with Crippen molar-refractivity contribution in [2.75, 3.05) is 17.8 Å². The molecule has 2 aromatic carbocycles. The first-order valence-corrected chi connectivity index (χ1v) is 14.9. The highest BCUT2D eigenvalue weighted by atomic mass is 32.2. The van der Waals surface area contributed by atoms with E-state index in [0.717, 1.165) is 53.6 Å². The zero-order chi connectivity index (χ0) is 26.8. The number of hydrogen-bond donors (Lipinski definition) is 1. The van der Waals surface area contributed by atoms with Gasteiger partial charge >= 0.3 is 5.76 Å². The van der Waals surface area contributed by atoms with Crippen LogP contribution >= 0.6 is 11.5 Å². The third kappa shape index (κ3) is 5.49. The largest absolute Gasteiger partial charge is 0.420 e. The summed E-state index contributed by atoms with van der Waals surface area (Å²) in [7, 11) is -3.92. The number of anilines is 1. The van der Waals surface area contributed by atoms with Crippen molar-refractivity contribution in [3.8, 4) is 11.1 Å². The van der Waals surface area contributed by atoms with Gasteiger partial charge in [-0.05, 0) is 66.9 Å². The quantitative estimate of drug-likeness (QED) is 0.296. The Labute approximate surface area is 229 Å². The van der Waals surface area contributed by atoms with Crippen LogP contribution in [0.4, 0.5) is 5.13 Å². The number of nitrogens with zero attached hydrogens (tertiary/aromatic N) is 5. The minimum absolute atomic E-state index is 0.0375. The Kier molecular flexibility index (Phi) is 6.98. The number of sulfonamides is 1. The zero-order valence-corrected chi connectivity index (χ0v) is 22.6. The van der Waals surface area contributed by atoms with Crippen LogP contribution in [-0.4, -0.2) is 45.3 Å². The summed E-state index contributed by atoms with van der Waals surface area (Å²) in [5.41, 5.74) is 4.68. The van der Waals surface area contributed by atoms with E-state index in [4.69, 9.17) is 4.42 Å². The molecule has 0 unspecified atom stereocenters. The number of rotatable bonds is 8. The summed E-state index contributed by atoms with van der Waals surface area (Å²) in [6.07, 6.45) is 6.84. The molecule has 10 nitrogen and oxygen atoms in total. The van der Waals surface area contributed by atoms with Crippen LogP contribution in [0.1, 0.15) is 30.5 Å². The molecule has 3 aromatic heterocycles. The van der Waals surface area contributed by atoms with Crippen molar-refractivity contribution in [1.29, 1.82) is 0 Å². The van der Waals surface area contributed by atoms with Crippen molar-refractivity contribution in [2.24, 2.45) is 0 Å². The molecule has 0 spiro atoms. The summed E-state index contributed by atoms with van der Waals surface area (Å²) < 4.78 is 38.7. The van der Waals surface area contributed by atoms with Gasteiger partial charge in [-0.3, -0.25) is 19.2 Å². The summed E-state index contributed by atoms with van der Waals surface area (Å²) in [4.78, 5) is 23.7. The monoisotopic (exact) mass is 562 g/mol. The van der Waals surface area contributed by atoms with Gasteiger partial charge in [0.25, 0.3) is 10.0 Å². The normalized spacial score (nSPS) is 14.6. The Morgan fingerprint density at radius 1 is 0.974 bits per heavy atom. The van der Waals surface area contributed by atoms with Crippen LogP contribution in [0, 0.1) is 0 Å². The summed E-state index contributed by atoms with van der Waals surface area (Å²) >= 11 is 0.929. The molecule has 200 valence electrons. The van der Waals surface area contributed by atoms with E-state index < -0.39 is 15.8 Å². The van der Waals surface area contributed by atoms with Crippen LogP contribution in [-0.2, 0) is 23.1 Å². The Morgan fingerprint density at radius 2 is 1.82 bits per heavy atom. The number of hydrogen-bond acceptors (Lipinski definition) is 9. The fourth-order valence-electron chi connectivity index (χ4n) is 4.94. The first kappa shape index (κ1) is 25.4. The number of oxazole rings is 1. The van der Waals surface area contributed by atoms with Crippen molar-refractivity contribution < 1.29 is 12.8 Å². The number of nitrogens with one attached hydrogen (secondary N) is 1. The maximum atomic E-state index is 12.9. The maximum Gasteiger partial charge on any atom is 0.420 e. The van der Waals surface area contributed by atoms with E-state index in [9.17, 15) is 13.2 Å². The molecule has 39 heavy (non-hydrogen) atoms. The van der Waals surface area contributed by atoms with Crippen LogP contribution in [0.5, 0.6) is 0 Å². The van der Waals surface area contributed by atoms with Gasteiger partial charge in [-0.15, -0.1) is 0 Å². The second-order valence-electron chi connectivity index (χ2n) is 9.47. The van der Waals surface area contributed by atoms with Crippen LogP contribution in [0.2, 0.25) is 0 Å². The number of likely N-dealkylation sites (tertiary alicyclic amines) is 1. The van der Waals surface area contributed by atoms with E-state index in [1.165, 1.54) is 42.3 Å². The number of benzene rings is 2. The first-order valence-electron chi connectivity index (χ1n) is 12.6. The third-order valence-electron chi connectivity index (χ3n) is 6.84. The second kappa shape index (κ2) is 10.7. The molecule has 0 amide bonds. The molecular weight excluding hydrogens is 536 g/mol. The van der Waals surface area contributed by atoms with Gasteiger partial charge < -0.3 is 4.42 Å². The highest BCUT2D eigenvalue weighted by Crippen LogP contribution is 2.27. The fourth-order valence-corrected chi connectivity index (χ4v) is 6.62. The second-order valence-corrected chi connectivity index (χ2v) is 11.9. The van der Waals surface area contributed by atoms with Crippen LogP contribution in [0.3, 0.4) is 0 Å². The van der Waals surface area contributed by atoms with E-state index in [1.54, 1.807) is 6.07 Å². The number of fused-ring (bicyclic) bond motifs is 1. The lowest BCUT2D eigenvalue weighted by Gasteiger charge is -2.26. The predicted molar refractivity (Wildman–Crippen MR) is 149 cm³/mol. The number of pyridine rings is 1. The highest BCUT2D eigenvalue weighted by molar-refractivity contribution is 7.93. The predicted octanol–water partition coefficient (Wildman–Crippen LogP) is 4.34. The maximum absolute atomic E-state index is 12.9. The van der Waals surface area contributed by atoms with Crippen LogP contribution in [0.15, 0.2) is 81.2 Å². The van der Waals surface area contributed by atoms with Gasteiger partial charge in [0.05, 0.1) is 22.7 Å². The standard InChI is InChI=1S/C27H26N6O4S2/c34-27-33(24-9-8-22(15-25(24)37-27)39(35,36)31-26-29-18-30-38-26)16-20-6-2-3-7-23(20)19-10-11-28-21(14-19)17-32-12-4-1-5-13-32/h2-3,6-11,14-15,18H,1,4-5,12-13,16-17H2,(H,29,30,31). The molecule has 1 aliphatic rings. The lowest BCUT2D eigenvalue weighted by molar-refractivity contribution is 0.218. The molecule has 0 saturated carbocycles. The van der Waals surface area contributed by atoms with Gasteiger partial charge in [-0.2, -0.15) is 4.37 Å². The van der Waals surface area contributed by atoms with Crippen LogP contribution < -0.4 is 10.5 Å². The SMILES string of the molecule is O=c1oc2cc(S(=O)(=O)Nc3ncns3)ccc2n1Cc1ccccc1-c1ccnc(CN2CCCCC2)c1. The Hall–Kier alpha value is -3.87. The summed E-state index contributed by atoms with van der Waals surface area (Å²) in [5.74, 6) is -0.563. The molecule has 0 radical (unpaired) electrons. The lowest BCUT2D eigenvalue weighted by Crippen LogP contribution is -2.29. The van der Waals surface area contributed by atoms with Gasteiger partial charge in [0, 0.05) is 30.3 Å². The third-order valence-corrected chi connectivity index (χ3v) is 8.89. The summed E-state index contributed by atoms with van der Waals surface area (Å²) in [5, 5.41) is 0.154. The number of piperidine rings is 1. The minimum Gasteiger partial charge on any atom is -0.408 e. The van der Waals surface area contributed by atoms with Crippen molar-refractivity contribution >= 4 is 37.8 Å². The van der Waals surface area contributed by atoms with Gasteiger partial charge in [0.15, 0.2) is 5.58 Å². The smallest absolute Gasteiger partial charge is 0.408 e. The summed E-state index contributed by atoms with van der Waals surface area (Å²) in [6.45, 7) is 3.28. The average molecular weight is 563 g/mol. The van der Waals surface area contributed by atoms with Crippen molar-refractivity contribution in [1.82, 2.24) is 23.8 Å². The molecule has 0 atom stereocenters. The molecule has 12 heteroatoms. The van der Waals surface area contributed by atoms with E-state index in [-0.39, 0.29) is 22.2 Å².